The van der Waals surface area contributed by atoms with Gasteiger partial charge in [-0.25, -0.2) is 9.59 Å². The van der Waals surface area contributed by atoms with Crippen LogP contribution in [-0.4, -0.2) is 78.7 Å². The monoisotopic (exact) mass is 656 g/mol. The Hall–Kier alpha value is -5.01. The third kappa shape index (κ3) is 11.1. The van der Waals surface area contributed by atoms with Gasteiger partial charge in [0.2, 0.25) is 5.91 Å². The molecule has 0 aliphatic rings. The molecule has 0 radical (unpaired) electrons. The van der Waals surface area contributed by atoms with Crippen molar-refractivity contribution in [3.63, 3.8) is 0 Å². The highest BCUT2D eigenvalue weighted by atomic mass is 16.8. The lowest BCUT2D eigenvalue weighted by atomic mass is 10.1. The molecule has 3 aromatic rings. The van der Waals surface area contributed by atoms with Crippen LogP contribution in [0.2, 0.25) is 0 Å². The number of carbonyl (C=O) groups excluding carboxylic acids is 4. The third-order valence-corrected chi connectivity index (χ3v) is 6.48. The van der Waals surface area contributed by atoms with Crippen molar-refractivity contribution in [1.29, 1.82) is 0 Å². The smallest absolute Gasteiger partial charge is 0.493 e. The molecule has 0 spiro atoms. The Kier molecular flexibility index (Phi) is 12.8. The molecule has 3 amide bonds. The summed E-state index contributed by atoms with van der Waals surface area (Å²) in [7, 11) is 1.54. The van der Waals surface area contributed by atoms with Crippen molar-refractivity contribution in [2.45, 2.75) is 79.0 Å². The first-order chi connectivity index (χ1) is 22.2. The van der Waals surface area contributed by atoms with E-state index in [1.54, 1.807) is 64.3 Å². The average Bonchev–Trinajstić information content (AvgIpc) is 3.38. The minimum absolute atomic E-state index is 0.0594. The van der Waals surface area contributed by atoms with E-state index in [0.717, 1.165) is 0 Å². The van der Waals surface area contributed by atoms with Crippen LogP contribution in [0.25, 0.3) is 11.0 Å². The topological polar surface area (TPSA) is 168 Å². The predicted molar refractivity (Wildman–Crippen MR) is 173 cm³/mol. The summed E-state index contributed by atoms with van der Waals surface area (Å²) in [6.07, 6.45) is -0.898. The molecule has 3 rings (SSSR count). The van der Waals surface area contributed by atoms with E-state index in [1.165, 1.54) is 0 Å². The van der Waals surface area contributed by atoms with Gasteiger partial charge in [0.1, 0.15) is 17.9 Å². The fraction of sp³-hybridized carbons (Fsp3) is 0.485. The van der Waals surface area contributed by atoms with Crippen LogP contribution >= 0.6 is 0 Å². The number of ether oxygens (including phenoxy) is 5. The van der Waals surface area contributed by atoms with Gasteiger partial charge in [-0.15, -0.1) is 0 Å². The largest absolute Gasteiger partial charge is 0.517 e. The third-order valence-electron chi connectivity index (χ3n) is 6.48. The zero-order valence-electron chi connectivity index (χ0n) is 28.1. The van der Waals surface area contributed by atoms with Crippen LogP contribution in [0.4, 0.5) is 15.4 Å². The summed E-state index contributed by atoms with van der Waals surface area (Å²) in [5, 5.41) is 9.08. The lowest BCUT2D eigenvalue weighted by Gasteiger charge is -2.31. The van der Waals surface area contributed by atoms with Gasteiger partial charge in [0.05, 0.1) is 25.7 Å². The maximum Gasteiger partial charge on any atom is 0.517 e. The summed E-state index contributed by atoms with van der Waals surface area (Å²) in [6, 6.07) is 10.4. The van der Waals surface area contributed by atoms with Gasteiger partial charge in [0.25, 0.3) is 5.91 Å². The fourth-order valence-corrected chi connectivity index (χ4v) is 4.52. The number of unbranched alkanes of at least 4 members (excludes halogenated alkanes) is 1. The van der Waals surface area contributed by atoms with E-state index in [0.29, 0.717) is 59.8 Å². The molecular formula is C33H44N4O10. The highest BCUT2D eigenvalue weighted by Gasteiger charge is 2.23. The van der Waals surface area contributed by atoms with Gasteiger partial charge in [-0.05, 0) is 91.6 Å². The number of aromatic nitrogens is 1. The summed E-state index contributed by atoms with van der Waals surface area (Å²) in [5.74, 6) is 1.08. The molecule has 2 aromatic carbocycles. The van der Waals surface area contributed by atoms with E-state index in [2.05, 4.69) is 20.5 Å². The van der Waals surface area contributed by atoms with Crippen molar-refractivity contribution in [3.8, 4) is 17.2 Å². The summed E-state index contributed by atoms with van der Waals surface area (Å²) in [5.41, 5.74) is 0.0942. The molecule has 256 valence electrons. The second-order valence-corrected chi connectivity index (χ2v) is 12.1. The summed E-state index contributed by atoms with van der Waals surface area (Å²) in [4.78, 5) is 50.4. The number of methoxy groups -OCH3 is 1. The zero-order valence-corrected chi connectivity index (χ0v) is 28.1. The number of rotatable bonds is 14. The summed E-state index contributed by atoms with van der Waals surface area (Å²) < 4.78 is 31.9. The molecule has 0 unspecified atom stereocenters. The first-order valence-electron chi connectivity index (χ1n) is 15.3. The molecule has 0 atom stereocenters. The minimum atomic E-state index is -1.18. The molecule has 14 nitrogen and oxygen atoms in total. The highest BCUT2D eigenvalue weighted by Crippen LogP contribution is 2.30. The first kappa shape index (κ1) is 36.5. The van der Waals surface area contributed by atoms with Gasteiger partial charge in [-0.2, -0.15) is 0 Å². The van der Waals surface area contributed by atoms with Gasteiger partial charge >= 0.3 is 12.2 Å². The highest BCUT2D eigenvalue weighted by molar-refractivity contribution is 6.00. The van der Waals surface area contributed by atoms with E-state index >= 15 is 0 Å². The van der Waals surface area contributed by atoms with Crippen molar-refractivity contribution in [2.75, 3.05) is 32.2 Å². The van der Waals surface area contributed by atoms with Crippen molar-refractivity contribution in [2.24, 2.45) is 0 Å². The average molecular weight is 657 g/mol. The summed E-state index contributed by atoms with van der Waals surface area (Å²) in [6.45, 7) is 13.2. The summed E-state index contributed by atoms with van der Waals surface area (Å²) >= 11 is 0. The SMILES string of the molecule is COc1cc(C(=O)N(C(C)C)C(C)C)ccc1OCCCCOc1ccc2c(NC(=O)CNC(=O)OC(=O)OC(C)(C)C)noc2c1. The van der Waals surface area contributed by atoms with Gasteiger partial charge in [0.15, 0.2) is 22.9 Å². The van der Waals surface area contributed by atoms with E-state index in [4.69, 9.17) is 23.5 Å². The molecule has 1 aromatic heterocycles. The number of hydrogen-bond acceptors (Lipinski definition) is 11. The van der Waals surface area contributed by atoms with E-state index in [1.807, 2.05) is 32.6 Å². The lowest BCUT2D eigenvalue weighted by molar-refractivity contribution is -0.115. The molecule has 0 saturated heterocycles. The molecule has 0 saturated carbocycles. The van der Waals surface area contributed by atoms with Crippen molar-refractivity contribution in [1.82, 2.24) is 15.4 Å². The second kappa shape index (κ2) is 16.5. The number of carbonyl (C=O) groups is 4. The Morgan fingerprint density at radius 1 is 0.915 bits per heavy atom. The number of benzene rings is 2. The molecule has 14 heteroatoms. The molecular weight excluding hydrogens is 612 g/mol. The maximum absolute atomic E-state index is 13.0. The van der Waals surface area contributed by atoms with Gasteiger partial charge < -0.3 is 43.7 Å². The predicted octanol–water partition coefficient (Wildman–Crippen LogP) is 5.93. The molecule has 0 aliphatic heterocycles. The van der Waals surface area contributed by atoms with Crippen molar-refractivity contribution < 1.29 is 47.4 Å². The van der Waals surface area contributed by atoms with Crippen LogP contribution in [0, 0.1) is 0 Å². The van der Waals surface area contributed by atoms with Crippen molar-refractivity contribution in [3.05, 3.63) is 42.0 Å². The number of alkyl carbamates (subject to hydrolysis) is 1. The van der Waals surface area contributed by atoms with Gasteiger partial charge in [0, 0.05) is 23.7 Å². The van der Waals surface area contributed by atoms with Crippen LogP contribution in [-0.2, 0) is 14.3 Å². The fourth-order valence-electron chi connectivity index (χ4n) is 4.52. The number of nitrogens with zero attached hydrogens (tertiary/aromatic N) is 2. The first-order valence-corrected chi connectivity index (χ1v) is 15.3. The number of hydrogen-bond donors (Lipinski definition) is 2. The standard InChI is InChI=1S/C33H44N4O10/c1-20(2)37(21(3)4)30(39)22-11-14-25(27(17-22)42-8)44-16-10-9-15-43-23-12-13-24-26(18-23)47-36-29(24)35-28(38)19-34-31(40)45-32(41)46-33(5,6)7/h11-14,17-18,20-21H,9-10,15-16,19H2,1-8H3,(H,34,40)(H,35,36,38). The van der Waals surface area contributed by atoms with Crippen LogP contribution in [0.1, 0.15) is 71.7 Å². The van der Waals surface area contributed by atoms with Crippen LogP contribution in [0.3, 0.4) is 0 Å². The molecule has 47 heavy (non-hydrogen) atoms. The van der Waals surface area contributed by atoms with Crippen LogP contribution in [0.5, 0.6) is 17.2 Å². The normalized spacial score (nSPS) is 11.3. The number of nitrogens with one attached hydrogen (secondary N) is 2. The number of fused-ring (bicyclic) bond motifs is 1. The molecule has 0 fully saturated rings. The van der Waals surface area contributed by atoms with E-state index < -0.39 is 30.3 Å². The quantitative estimate of drug-likeness (QED) is 0.120. The Labute approximate surface area is 274 Å². The number of amides is 3. The second-order valence-electron chi connectivity index (χ2n) is 12.1. The Morgan fingerprint density at radius 2 is 1.60 bits per heavy atom. The van der Waals surface area contributed by atoms with Crippen molar-refractivity contribution >= 4 is 40.9 Å². The Balaban J connectivity index is 1.42. The number of anilines is 1. The van der Waals surface area contributed by atoms with E-state index in [9.17, 15) is 19.2 Å². The Morgan fingerprint density at radius 3 is 2.23 bits per heavy atom. The van der Waals surface area contributed by atoms with Gasteiger partial charge in [-0.1, -0.05) is 5.16 Å². The van der Waals surface area contributed by atoms with E-state index in [-0.39, 0.29) is 23.8 Å². The maximum atomic E-state index is 13.0. The Bertz CT molecular complexity index is 1540. The van der Waals surface area contributed by atoms with Crippen LogP contribution in [0.15, 0.2) is 40.9 Å². The molecule has 2 N–H and O–H groups in total. The van der Waals surface area contributed by atoms with Crippen LogP contribution < -0.4 is 24.8 Å². The lowest BCUT2D eigenvalue weighted by Crippen LogP contribution is -2.42. The molecule has 0 bridgehead atoms. The molecule has 1 heterocycles. The minimum Gasteiger partial charge on any atom is -0.493 e. The molecule has 0 aliphatic carbocycles. The van der Waals surface area contributed by atoms with Gasteiger partial charge in [-0.3, -0.25) is 9.59 Å². The zero-order chi connectivity index (χ0) is 34.7.